The molecule has 0 amide bonds. The number of hydrogen-bond acceptors (Lipinski definition) is 4. The molecule has 3 atom stereocenters. The van der Waals surface area contributed by atoms with E-state index in [1.54, 1.807) is 6.08 Å². The van der Waals surface area contributed by atoms with Crippen LogP contribution in [0.1, 0.15) is 92.9 Å². The summed E-state index contributed by atoms with van der Waals surface area (Å²) in [5, 5.41) is 10.9. The minimum Gasteiger partial charge on any atom is -0.458 e. The number of rotatable bonds is 17. The Bertz CT molecular complexity index is 413. The minimum atomic E-state index is -1.79. The molecule has 0 aliphatic rings. The third-order valence-electron chi connectivity index (χ3n) is 5.74. The lowest BCUT2D eigenvalue weighted by atomic mass is 10.0. The van der Waals surface area contributed by atoms with Crippen molar-refractivity contribution in [1.29, 1.82) is 0 Å². The van der Waals surface area contributed by atoms with Crippen LogP contribution >= 0.6 is 0 Å². The molecule has 0 saturated heterocycles. The molecular weight excluding hydrogens is 368 g/mol. The van der Waals surface area contributed by atoms with Crippen molar-refractivity contribution in [2.45, 2.75) is 129 Å². The summed E-state index contributed by atoms with van der Waals surface area (Å²) in [7, 11) is -1.79. The predicted octanol–water partition coefficient (Wildman–Crippen LogP) is 6.39. The Balaban J connectivity index is 5.16. The molecular formula is C23H46O4Si. The van der Waals surface area contributed by atoms with Crippen LogP contribution in [-0.4, -0.2) is 37.7 Å². The highest BCUT2D eigenvalue weighted by Gasteiger charge is 2.33. The lowest BCUT2D eigenvalue weighted by molar-refractivity contribution is -0.144. The predicted molar refractivity (Wildman–Crippen MR) is 121 cm³/mol. The van der Waals surface area contributed by atoms with Crippen LogP contribution in [0.15, 0.2) is 12.2 Å². The normalized spacial score (nSPS) is 15.5. The van der Waals surface area contributed by atoms with Crippen molar-refractivity contribution in [3.05, 3.63) is 12.2 Å². The number of aliphatic hydroxyl groups excluding tert-OH is 1. The Kier molecular flexibility index (Phi) is 15.8. The lowest BCUT2D eigenvalue weighted by Gasteiger charge is -2.35. The van der Waals surface area contributed by atoms with E-state index in [-0.39, 0.29) is 18.2 Å². The zero-order valence-electron chi connectivity index (χ0n) is 19.3. The van der Waals surface area contributed by atoms with Gasteiger partial charge in [0.1, 0.15) is 6.10 Å². The summed E-state index contributed by atoms with van der Waals surface area (Å²) in [6, 6.07) is 3.23. The van der Waals surface area contributed by atoms with Crippen molar-refractivity contribution in [2.75, 3.05) is 0 Å². The van der Waals surface area contributed by atoms with Gasteiger partial charge >= 0.3 is 5.97 Å². The van der Waals surface area contributed by atoms with E-state index in [2.05, 4.69) is 34.6 Å². The fraction of sp³-hybridized carbons (Fsp3) is 0.870. The third kappa shape index (κ3) is 11.4. The third-order valence-corrected chi connectivity index (χ3v) is 10.4. The summed E-state index contributed by atoms with van der Waals surface area (Å²) < 4.78 is 12.1. The molecule has 0 aliphatic carbocycles. The van der Waals surface area contributed by atoms with Crippen LogP contribution in [0.3, 0.4) is 0 Å². The molecule has 0 radical (unpaired) electrons. The molecule has 0 rings (SSSR count). The van der Waals surface area contributed by atoms with Gasteiger partial charge in [0, 0.05) is 6.92 Å². The average Bonchev–Trinajstić information content (AvgIpc) is 2.68. The first kappa shape index (κ1) is 27.3. The Hall–Kier alpha value is -0.653. The summed E-state index contributed by atoms with van der Waals surface area (Å²) in [5.74, 6) is -0.272. The summed E-state index contributed by atoms with van der Waals surface area (Å²) in [6.07, 6.45) is 10.9. The van der Waals surface area contributed by atoms with Crippen LogP contribution in [0.4, 0.5) is 0 Å². The van der Waals surface area contributed by atoms with Gasteiger partial charge in [0.25, 0.3) is 0 Å². The Morgan fingerprint density at radius 3 is 1.89 bits per heavy atom. The highest BCUT2D eigenvalue weighted by atomic mass is 28.4. The second-order valence-corrected chi connectivity index (χ2v) is 12.6. The maximum Gasteiger partial charge on any atom is 0.303 e. The highest BCUT2D eigenvalue weighted by Crippen LogP contribution is 2.27. The quantitative estimate of drug-likeness (QED) is 0.130. The van der Waals surface area contributed by atoms with Crippen molar-refractivity contribution in [1.82, 2.24) is 0 Å². The number of hydrogen-bond donors (Lipinski definition) is 1. The standard InChI is InChI=1S/C23H46O4Si/c1-7-12-14-16-21(26-20(6)24)18-19-22(25)23(17-15-13-8-2)27-28(9-3,10-4)11-5/h18-19,21-23,25H,7-17H2,1-6H3/b19-18+/t21-,22-,23-/m1/s1. The zero-order valence-corrected chi connectivity index (χ0v) is 20.3. The molecule has 0 unspecified atom stereocenters. The van der Waals surface area contributed by atoms with Gasteiger partial charge in [-0.15, -0.1) is 0 Å². The molecule has 0 aromatic heterocycles. The first-order chi connectivity index (χ1) is 13.4. The van der Waals surface area contributed by atoms with E-state index in [1.165, 1.54) is 6.92 Å². The largest absolute Gasteiger partial charge is 0.458 e. The molecule has 0 bridgehead atoms. The number of carbonyl (C=O) groups is 1. The molecule has 0 aromatic carbocycles. The average molecular weight is 415 g/mol. The minimum absolute atomic E-state index is 0.164. The van der Waals surface area contributed by atoms with Gasteiger partial charge in [-0.25, -0.2) is 0 Å². The number of aliphatic hydroxyl groups is 1. The molecule has 28 heavy (non-hydrogen) atoms. The number of unbranched alkanes of at least 4 members (excludes halogenated alkanes) is 4. The number of ether oxygens (including phenoxy) is 1. The van der Waals surface area contributed by atoms with Crippen molar-refractivity contribution >= 4 is 14.3 Å². The van der Waals surface area contributed by atoms with Gasteiger partial charge in [-0.1, -0.05) is 72.8 Å². The van der Waals surface area contributed by atoms with E-state index in [1.807, 2.05) is 6.08 Å². The van der Waals surface area contributed by atoms with Gasteiger partial charge in [-0.3, -0.25) is 4.79 Å². The fourth-order valence-corrected chi connectivity index (χ4v) is 6.48. The molecule has 5 heteroatoms. The summed E-state index contributed by atoms with van der Waals surface area (Å²) >= 11 is 0. The van der Waals surface area contributed by atoms with E-state index in [4.69, 9.17) is 9.16 Å². The fourth-order valence-electron chi connectivity index (χ4n) is 3.58. The van der Waals surface area contributed by atoms with Gasteiger partial charge in [0.05, 0.1) is 12.2 Å². The van der Waals surface area contributed by atoms with Gasteiger partial charge in [0.2, 0.25) is 0 Å². The van der Waals surface area contributed by atoms with Crippen molar-refractivity contribution < 1.29 is 19.1 Å². The van der Waals surface area contributed by atoms with E-state index < -0.39 is 14.4 Å². The molecule has 166 valence electrons. The van der Waals surface area contributed by atoms with E-state index >= 15 is 0 Å². The monoisotopic (exact) mass is 414 g/mol. The molecule has 4 nitrogen and oxygen atoms in total. The van der Waals surface area contributed by atoms with Gasteiger partial charge in [-0.05, 0) is 43.5 Å². The van der Waals surface area contributed by atoms with Gasteiger partial charge in [0.15, 0.2) is 8.32 Å². The summed E-state index contributed by atoms with van der Waals surface area (Å²) in [5.41, 5.74) is 0. The molecule has 0 spiro atoms. The SMILES string of the molecule is CCCCC[C@H](/C=C/[C@@H](O)[C@@H](CCCCC)O[Si](CC)(CC)CC)OC(C)=O. The van der Waals surface area contributed by atoms with Crippen LogP contribution in [0.2, 0.25) is 18.1 Å². The summed E-state index contributed by atoms with van der Waals surface area (Å²) in [6.45, 7) is 12.4. The van der Waals surface area contributed by atoms with Crippen LogP contribution < -0.4 is 0 Å². The zero-order chi connectivity index (χ0) is 21.4. The molecule has 1 N–H and O–H groups in total. The van der Waals surface area contributed by atoms with Crippen LogP contribution in [0.25, 0.3) is 0 Å². The molecule has 0 fully saturated rings. The van der Waals surface area contributed by atoms with Crippen molar-refractivity contribution in [3.8, 4) is 0 Å². The second kappa shape index (κ2) is 16.2. The van der Waals surface area contributed by atoms with Crippen molar-refractivity contribution in [2.24, 2.45) is 0 Å². The molecule has 0 aromatic rings. The summed E-state index contributed by atoms with van der Waals surface area (Å²) in [4.78, 5) is 11.4. The number of esters is 1. The first-order valence-electron chi connectivity index (χ1n) is 11.6. The van der Waals surface area contributed by atoms with Crippen LogP contribution in [-0.2, 0) is 14.0 Å². The van der Waals surface area contributed by atoms with E-state index in [9.17, 15) is 9.90 Å². The van der Waals surface area contributed by atoms with Gasteiger partial charge in [-0.2, -0.15) is 0 Å². The molecule has 0 aliphatic heterocycles. The lowest BCUT2D eigenvalue weighted by Crippen LogP contribution is -2.43. The topological polar surface area (TPSA) is 55.8 Å². The Labute approximate surface area is 175 Å². The number of carbonyl (C=O) groups excluding carboxylic acids is 1. The van der Waals surface area contributed by atoms with Crippen LogP contribution in [0, 0.1) is 0 Å². The Morgan fingerprint density at radius 2 is 1.43 bits per heavy atom. The highest BCUT2D eigenvalue weighted by molar-refractivity contribution is 6.73. The Morgan fingerprint density at radius 1 is 0.893 bits per heavy atom. The first-order valence-corrected chi connectivity index (χ1v) is 14.1. The van der Waals surface area contributed by atoms with Gasteiger partial charge < -0.3 is 14.3 Å². The maximum atomic E-state index is 11.4. The smallest absolute Gasteiger partial charge is 0.303 e. The molecule has 0 heterocycles. The molecule has 0 saturated carbocycles. The van der Waals surface area contributed by atoms with E-state index in [0.717, 1.165) is 69.5 Å². The maximum absolute atomic E-state index is 11.4. The van der Waals surface area contributed by atoms with E-state index in [0.29, 0.717) is 0 Å². The van der Waals surface area contributed by atoms with Crippen LogP contribution in [0.5, 0.6) is 0 Å². The second-order valence-electron chi connectivity index (χ2n) is 7.91. The van der Waals surface area contributed by atoms with Crippen molar-refractivity contribution in [3.63, 3.8) is 0 Å².